The van der Waals surface area contributed by atoms with Crippen LogP contribution in [-0.4, -0.2) is 23.8 Å². The third-order valence-corrected chi connectivity index (χ3v) is 3.23. The lowest BCUT2D eigenvalue weighted by Crippen LogP contribution is -2.41. The maximum absolute atomic E-state index is 12.0. The molecule has 0 saturated carbocycles. The molecular weight excluding hydrogens is 252 g/mol. The van der Waals surface area contributed by atoms with Crippen LogP contribution in [0, 0.1) is 26.7 Å². The predicted molar refractivity (Wildman–Crippen MR) is 83.1 cm³/mol. The van der Waals surface area contributed by atoms with E-state index >= 15 is 0 Å². The average Bonchev–Trinajstić information content (AvgIpc) is 2.32. The van der Waals surface area contributed by atoms with Crippen LogP contribution in [0.25, 0.3) is 0 Å². The zero-order chi connectivity index (χ0) is 15.3. The molecule has 0 bridgehead atoms. The van der Waals surface area contributed by atoms with Crippen LogP contribution in [0.2, 0.25) is 0 Å². The zero-order valence-corrected chi connectivity index (χ0v) is 13.1. The smallest absolute Gasteiger partial charge is 0.319 e. The average molecular weight is 278 g/mol. The van der Waals surface area contributed by atoms with Crippen LogP contribution >= 0.6 is 0 Å². The number of aryl methyl sites for hydroxylation is 3. The lowest BCUT2D eigenvalue weighted by atomic mass is 10.0. The van der Waals surface area contributed by atoms with Gasteiger partial charge in [-0.1, -0.05) is 31.5 Å². The van der Waals surface area contributed by atoms with E-state index < -0.39 is 0 Å². The number of aliphatic hydroxyl groups excluding tert-OH is 1. The molecular formula is C16H26N2O2. The van der Waals surface area contributed by atoms with Crippen LogP contribution in [0.15, 0.2) is 12.1 Å². The van der Waals surface area contributed by atoms with Gasteiger partial charge in [-0.15, -0.1) is 0 Å². The molecule has 1 rings (SSSR count). The minimum absolute atomic E-state index is 0.0442. The van der Waals surface area contributed by atoms with E-state index in [1.54, 1.807) is 0 Å². The summed E-state index contributed by atoms with van der Waals surface area (Å²) in [6.45, 7) is 10.1. The summed E-state index contributed by atoms with van der Waals surface area (Å²) >= 11 is 0. The van der Waals surface area contributed by atoms with E-state index in [0.717, 1.165) is 23.2 Å². The van der Waals surface area contributed by atoms with Crippen molar-refractivity contribution < 1.29 is 9.90 Å². The first-order chi connectivity index (χ1) is 9.33. The highest BCUT2D eigenvalue weighted by Gasteiger charge is 2.14. The summed E-state index contributed by atoms with van der Waals surface area (Å²) in [5, 5.41) is 15.0. The molecule has 20 heavy (non-hydrogen) atoms. The van der Waals surface area contributed by atoms with E-state index in [2.05, 4.69) is 24.5 Å². The second kappa shape index (κ2) is 7.29. The Kier molecular flexibility index (Phi) is 6.02. The summed E-state index contributed by atoms with van der Waals surface area (Å²) in [5.41, 5.74) is 4.11. The number of amides is 2. The number of benzene rings is 1. The SMILES string of the molecule is Cc1cc(C)c(NC(=O)NC(CO)CC(C)C)c(C)c1. The van der Waals surface area contributed by atoms with Gasteiger partial charge in [-0.3, -0.25) is 0 Å². The molecule has 0 fully saturated rings. The number of nitrogens with one attached hydrogen (secondary N) is 2. The maximum Gasteiger partial charge on any atom is 0.319 e. The van der Waals surface area contributed by atoms with Crippen LogP contribution in [0.1, 0.15) is 37.0 Å². The van der Waals surface area contributed by atoms with Gasteiger partial charge in [-0.2, -0.15) is 0 Å². The fourth-order valence-electron chi connectivity index (χ4n) is 2.46. The van der Waals surface area contributed by atoms with E-state index in [1.807, 2.05) is 32.9 Å². The topological polar surface area (TPSA) is 61.4 Å². The molecule has 0 heterocycles. The largest absolute Gasteiger partial charge is 0.394 e. The number of anilines is 1. The highest BCUT2D eigenvalue weighted by molar-refractivity contribution is 5.91. The van der Waals surface area contributed by atoms with Crippen molar-refractivity contribution in [1.29, 1.82) is 0 Å². The molecule has 0 radical (unpaired) electrons. The van der Waals surface area contributed by atoms with Gasteiger partial charge in [0.25, 0.3) is 0 Å². The predicted octanol–water partition coefficient (Wildman–Crippen LogP) is 3.14. The Morgan fingerprint density at radius 3 is 2.20 bits per heavy atom. The quantitative estimate of drug-likeness (QED) is 0.775. The van der Waals surface area contributed by atoms with Crippen molar-refractivity contribution in [1.82, 2.24) is 5.32 Å². The number of rotatable bonds is 5. The molecule has 0 aromatic heterocycles. The van der Waals surface area contributed by atoms with Crippen molar-refractivity contribution >= 4 is 11.7 Å². The summed E-state index contributed by atoms with van der Waals surface area (Å²) in [4.78, 5) is 12.0. The number of hydrogen-bond donors (Lipinski definition) is 3. The summed E-state index contributed by atoms with van der Waals surface area (Å²) < 4.78 is 0. The van der Waals surface area contributed by atoms with Gasteiger partial charge in [-0.05, 0) is 44.2 Å². The van der Waals surface area contributed by atoms with Crippen LogP contribution in [-0.2, 0) is 0 Å². The van der Waals surface area contributed by atoms with E-state index in [-0.39, 0.29) is 18.7 Å². The molecule has 1 atom stereocenters. The fraction of sp³-hybridized carbons (Fsp3) is 0.562. The van der Waals surface area contributed by atoms with E-state index in [0.29, 0.717) is 5.92 Å². The summed E-state index contributed by atoms with van der Waals surface area (Å²) in [6, 6.07) is 3.61. The number of hydrogen-bond acceptors (Lipinski definition) is 2. The molecule has 2 amide bonds. The molecule has 0 saturated heterocycles. The zero-order valence-electron chi connectivity index (χ0n) is 13.1. The highest BCUT2D eigenvalue weighted by atomic mass is 16.3. The summed E-state index contributed by atoms with van der Waals surface area (Å²) in [6.07, 6.45) is 0.760. The standard InChI is InChI=1S/C16H26N2O2/c1-10(2)6-14(9-19)17-16(20)18-15-12(4)7-11(3)8-13(15)5/h7-8,10,14,19H,6,9H2,1-5H3,(H2,17,18,20). The Hall–Kier alpha value is -1.55. The molecule has 1 aromatic carbocycles. The number of carbonyl (C=O) groups excluding carboxylic acids is 1. The van der Waals surface area contributed by atoms with Gasteiger partial charge in [-0.25, -0.2) is 4.79 Å². The van der Waals surface area contributed by atoms with Gasteiger partial charge in [0, 0.05) is 5.69 Å². The van der Waals surface area contributed by atoms with E-state index in [4.69, 9.17) is 0 Å². The minimum atomic E-state index is -0.264. The second-order valence-electron chi connectivity index (χ2n) is 5.88. The fourth-order valence-corrected chi connectivity index (χ4v) is 2.46. The lowest BCUT2D eigenvalue weighted by Gasteiger charge is -2.20. The molecule has 0 aliphatic carbocycles. The van der Waals surface area contributed by atoms with Gasteiger partial charge in [0.15, 0.2) is 0 Å². The molecule has 4 heteroatoms. The monoisotopic (exact) mass is 278 g/mol. The molecule has 0 aliphatic heterocycles. The number of carbonyl (C=O) groups is 1. The Morgan fingerprint density at radius 2 is 1.75 bits per heavy atom. The molecule has 4 nitrogen and oxygen atoms in total. The molecule has 1 unspecified atom stereocenters. The van der Waals surface area contributed by atoms with Crippen LogP contribution in [0.5, 0.6) is 0 Å². The van der Waals surface area contributed by atoms with Crippen molar-refractivity contribution in [3.63, 3.8) is 0 Å². The van der Waals surface area contributed by atoms with Crippen molar-refractivity contribution in [2.24, 2.45) is 5.92 Å². The molecule has 3 N–H and O–H groups in total. The van der Waals surface area contributed by atoms with Gasteiger partial charge in [0.2, 0.25) is 0 Å². The van der Waals surface area contributed by atoms with Crippen LogP contribution < -0.4 is 10.6 Å². The number of aliphatic hydroxyl groups is 1. The van der Waals surface area contributed by atoms with Crippen molar-refractivity contribution in [2.75, 3.05) is 11.9 Å². The lowest BCUT2D eigenvalue weighted by molar-refractivity contribution is 0.214. The van der Waals surface area contributed by atoms with Gasteiger partial charge < -0.3 is 15.7 Å². The molecule has 0 spiro atoms. The highest BCUT2D eigenvalue weighted by Crippen LogP contribution is 2.21. The summed E-state index contributed by atoms with van der Waals surface area (Å²) in [7, 11) is 0. The molecule has 0 aliphatic rings. The Labute approximate surface area is 121 Å². The Bertz CT molecular complexity index is 447. The first kappa shape index (κ1) is 16.5. The normalized spacial score (nSPS) is 12.3. The molecule has 112 valence electrons. The van der Waals surface area contributed by atoms with Crippen LogP contribution in [0.4, 0.5) is 10.5 Å². The van der Waals surface area contributed by atoms with Crippen molar-refractivity contribution in [3.05, 3.63) is 28.8 Å². The van der Waals surface area contributed by atoms with Gasteiger partial charge in [0.05, 0.1) is 12.6 Å². The first-order valence-corrected chi connectivity index (χ1v) is 7.09. The summed E-state index contributed by atoms with van der Waals surface area (Å²) in [5.74, 6) is 0.426. The first-order valence-electron chi connectivity index (χ1n) is 7.09. The Morgan fingerprint density at radius 1 is 1.20 bits per heavy atom. The van der Waals surface area contributed by atoms with Gasteiger partial charge in [0.1, 0.15) is 0 Å². The van der Waals surface area contributed by atoms with Crippen LogP contribution in [0.3, 0.4) is 0 Å². The molecule has 1 aromatic rings. The third kappa shape index (κ3) is 4.85. The number of urea groups is 1. The van der Waals surface area contributed by atoms with Crippen molar-refractivity contribution in [3.8, 4) is 0 Å². The van der Waals surface area contributed by atoms with Crippen molar-refractivity contribution in [2.45, 2.75) is 47.1 Å². The second-order valence-corrected chi connectivity index (χ2v) is 5.88. The maximum atomic E-state index is 12.0. The van der Waals surface area contributed by atoms with E-state index in [1.165, 1.54) is 5.56 Å². The third-order valence-electron chi connectivity index (χ3n) is 3.23. The van der Waals surface area contributed by atoms with E-state index in [9.17, 15) is 9.90 Å². The Balaban J connectivity index is 2.71. The minimum Gasteiger partial charge on any atom is -0.394 e. The van der Waals surface area contributed by atoms with Gasteiger partial charge >= 0.3 is 6.03 Å².